The fourth-order valence-corrected chi connectivity index (χ4v) is 11.8. The van der Waals surface area contributed by atoms with E-state index in [0.717, 1.165) is 25.7 Å². The molecule has 0 aromatic heterocycles. The number of hydrazine groups is 1. The molecule has 1 atom stereocenters. The first-order valence-electron chi connectivity index (χ1n) is 22.5. The normalized spacial score (nSPS) is 19.9. The first kappa shape index (κ1) is 48.0. The maximum atomic E-state index is 11.7. The molecular formula is C53H65N3O10. The second-order valence-corrected chi connectivity index (χ2v) is 20.9. The van der Waals surface area contributed by atoms with Crippen LogP contribution in [0.15, 0.2) is 72.8 Å². The number of rotatable bonds is 13. The third-order valence-corrected chi connectivity index (χ3v) is 14.2. The first-order valence-corrected chi connectivity index (χ1v) is 22.5. The average molecular weight is 904 g/mol. The van der Waals surface area contributed by atoms with Crippen LogP contribution in [0.3, 0.4) is 0 Å². The molecule has 13 nitrogen and oxygen atoms in total. The summed E-state index contributed by atoms with van der Waals surface area (Å²) in [7, 11) is 2.70. The van der Waals surface area contributed by atoms with E-state index in [1.807, 2.05) is 24.3 Å². The fourth-order valence-electron chi connectivity index (χ4n) is 11.8. The van der Waals surface area contributed by atoms with Crippen LogP contribution in [0.4, 0.5) is 0 Å². The number of fused-ring (bicyclic) bond motifs is 8. The topological polar surface area (TPSA) is 188 Å². The zero-order valence-electron chi connectivity index (χ0n) is 40.0. The molecule has 4 aromatic carbocycles. The lowest BCUT2D eigenvalue weighted by Gasteiger charge is -2.30. The van der Waals surface area contributed by atoms with Gasteiger partial charge in [0.15, 0.2) is 25.6 Å². The lowest BCUT2D eigenvalue weighted by atomic mass is 9.72. The van der Waals surface area contributed by atoms with Gasteiger partial charge >= 0.3 is 11.9 Å². The van der Waals surface area contributed by atoms with Crippen LogP contribution in [0.25, 0.3) is 0 Å². The van der Waals surface area contributed by atoms with Gasteiger partial charge in [-0.2, -0.15) is 0 Å². The van der Waals surface area contributed by atoms with E-state index < -0.39 is 11.9 Å². The van der Waals surface area contributed by atoms with Crippen molar-refractivity contribution in [3.05, 3.63) is 117 Å². The molecule has 13 heteroatoms. The van der Waals surface area contributed by atoms with E-state index >= 15 is 0 Å². The molecule has 66 heavy (non-hydrogen) atoms. The number of esters is 2. The summed E-state index contributed by atoms with van der Waals surface area (Å²) in [4.78, 5) is 46.5. The molecule has 0 aliphatic heterocycles. The van der Waals surface area contributed by atoms with E-state index in [9.17, 15) is 19.2 Å². The van der Waals surface area contributed by atoms with Gasteiger partial charge in [-0.15, -0.1) is 0 Å². The van der Waals surface area contributed by atoms with Crippen molar-refractivity contribution in [2.24, 2.45) is 11.6 Å². The molecule has 0 saturated heterocycles. The summed E-state index contributed by atoms with van der Waals surface area (Å²) in [6.07, 6.45) is 3.80. The van der Waals surface area contributed by atoms with Gasteiger partial charge < -0.3 is 34.2 Å². The molecule has 4 aromatic rings. The molecule has 8 rings (SSSR count). The van der Waals surface area contributed by atoms with Crippen molar-refractivity contribution in [2.45, 2.75) is 114 Å². The molecule has 5 N–H and O–H groups in total. The van der Waals surface area contributed by atoms with Crippen molar-refractivity contribution in [2.75, 3.05) is 47.2 Å². The number of carbonyl (C=O) groups excluding carboxylic acids is 4. The van der Waals surface area contributed by atoms with Gasteiger partial charge in [0.1, 0.15) is 29.6 Å². The minimum absolute atomic E-state index is 0.0310. The Morgan fingerprint density at radius 3 is 1.03 bits per heavy atom. The minimum atomic E-state index is -0.412. The van der Waals surface area contributed by atoms with Gasteiger partial charge in [-0.05, 0) is 140 Å². The van der Waals surface area contributed by atoms with Gasteiger partial charge in [0.2, 0.25) is 0 Å². The molecule has 0 radical (unpaired) electrons. The highest BCUT2D eigenvalue weighted by Crippen LogP contribution is 2.65. The summed E-state index contributed by atoms with van der Waals surface area (Å²) < 4.78 is 32.4. The van der Waals surface area contributed by atoms with Crippen LogP contribution in [-0.2, 0) is 61.1 Å². The van der Waals surface area contributed by atoms with Crippen molar-refractivity contribution in [1.82, 2.24) is 5.43 Å². The van der Waals surface area contributed by atoms with Gasteiger partial charge in [-0.1, -0.05) is 79.7 Å². The number of methoxy groups -OCH3 is 2. The third-order valence-electron chi connectivity index (χ3n) is 14.2. The van der Waals surface area contributed by atoms with Crippen molar-refractivity contribution in [1.29, 1.82) is 0 Å². The van der Waals surface area contributed by atoms with Crippen LogP contribution in [0.1, 0.15) is 126 Å². The summed E-state index contributed by atoms with van der Waals surface area (Å²) in [5.74, 6) is 6.46. The Kier molecular flexibility index (Phi) is 12.9. The molecule has 1 amide bonds. The van der Waals surface area contributed by atoms with Crippen molar-refractivity contribution >= 4 is 23.6 Å². The third kappa shape index (κ3) is 8.87. The van der Waals surface area contributed by atoms with E-state index in [0.29, 0.717) is 23.0 Å². The highest BCUT2D eigenvalue weighted by Gasteiger charge is 2.58. The molecule has 2 spiro atoms. The predicted molar refractivity (Wildman–Crippen MR) is 250 cm³/mol. The molecule has 0 saturated carbocycles. The highest BCUT2D eigenvalue weighted by atomic mass is 16.6. The van der Waals surface area contributed by atoms with Crippen molar-refractivity contribution in [3.8, 4) is 23.0 Å². The monoisotopic (exact) mass is 903 g/mol. The Morgan fingerprint density at radius 1 is 0.470 bits per heavy atom. The lowest BCUT2D eigenvalue weighted by Crippen LogP contribution is -2.34. The van der Waals surface area contributed by atoms with Gasteiger partial charge in [-0.3, -0.25) is 15.0 Å². The molecule has 352 valence electrons. The Morgan fingerprint density at radius 2 is 0.758 bits per heavy atom. The van der Waals surface area contributed by atoms with Gasteiger partial charge in [0.25, 0.3) is 5.91 Å². The SMILES string of the molecule is CC1(C)CC2(CC(C)(C)c3ccc(OCC(=O)NN)cc32)c2cc(OCC(=O)CN)ccc21.COC(=O)COc1ccc2c(c1)C1(CC2(C)C)CC(C)(C)c2ccc(OCC(=O)OC)cc21. The quantitative estimate of drug-likeness (QED) is 0.0538. The number of benzene rings is 4. The number of amides is 1. The summed E-state index contributed by atoms with van der Waals surface area (Å²) in [5.41, 5.74) is 17.0. The number of nitrogens with two attached hydrogens (primary N) is 2. The Labute approximate surface area is 388 Å². The molecular weight excluding hydrogens is 839 g/mol. The zero-order valence-corrected chi connectivity index (χ0v) is 40.0. The predicted octanol–water partition coefficient (Wildman–Crippen LogP) is 7.05. The van der Waals surface area contributed by atoms with Crippen LogP contribution in [-0.4, -0.2) is 70.8 Å². The van der Waals surface area contributed by atoms with Gasteiger partial charge in [0, 0.05) is 10.8 Å². The van der Waals surface area contributed by atoms with E-state index in [1.165, 1.54) is 58.7 Å². The Balaban J connectivity index is 0.000000196. The largest absolute Gasteiger partial charge is 0.486 e. The first-order chi connectivity index (χ1) is 31.0. The molecule has 4 aliphatic carbocycles. The average Bonchev–Trinajstić information content (AvgIpc) is 3.84. The van der Waals surface area contributed by atoms with E-state index in [1.54, 1.807) is 0 Å². The van der Waals surface area contributed by atoms with Crippen LogP contribution in [0.5, 0.6) is 23.0 Å². The maximum Gasteiger partial charge on any atom is 0.343 e. The van der Waals surface area contributed by atoms with E-state index in [4.69, 9.17) is 40.0 Å². The minimum Gasteiger partial charge on any atom is -0.486 e. The number of ketones is 1. The van der Waals surface area contributed by atoms with Crippen LogP contribution >= 0.6 is 0 Å². The van der Waals surface area contributed by atoms with Crippen molar-refractivity contribution in [3.63, 3.8) is 0 Å². The molecule has 0 bridgehead atoms. The molecule has 4 aliphatic rings. The van der Waals surface area contributed by atoms with Crippen LogP contribution in [0.2, 0.25) is 0 Å². The fraction of sp³-hybridized carbons (Fsp3) is 0.472. The number of Topliss-reactive ketones (excluding diaryl/α,β-unsaturated/α-hetero) is 1. The summed E-state index contributed by atoms with van der Waals surface area (Å²) in [6.45, 7) is 17.7. The number of ether oxygens (including phenoxy) is 6. The second kappa shape index (κ2) is 17.7. The number of hydrogen-bond acceptors (Lipinski definition) is 12. The summed E-state index contributed by atoms with van der Waals surface area (Å²) >= 11 is 0. The zero-order chi connectivity index (χ0) is 48.0. The van der Waals surface area contributed by atoms with Crippen molar-refractivity contribution < 1.29 is 47.6 Å². The lowest BCUT2D eigenvalue weighted by molar-refractivity contribution is -0.143. The van der Waals surface area contributed by atoms with Gasteiger partial charge in [-0.25, -0.2) is 15.4 Å². The van der Waals surface area contributed by atoms with Gasteiger partial charge in [0.05, 0.1) is 20.8 Å². The molecule has 0 heterocycles. The van der Waals surface area contributed by atoms with E-state index in [-0.39, 0.29) is 77.2 Å². The Hall–Kier alpha value is -5.92. The Bertz CT molecular complexity index is 2210. The maximum absolute atomic E-state index is 11.7. The highest BCUT2D eigenvalue weighted by molar-refractivity contribution is 5.81. The number of carbonyl (C=O) groups is 4. The summed E-state index contributed by atoms with van der Waals surface area (Å²) in [5, 5.41) is 0. The molecule has 0 fully saturated rings. The number of hydrogen-bond donors (Lipinski definition) is 3. The second-order valence-electron chi connectivity index (χ2n) is 20.9. The molecule has 1 unspecified atom stereocenters. The van der Waals surface area contributed by atoms with Crippen LogP contribution in [0, 0.1) is 0 Å². The van der Waals surface area contributed by atoms with Crippen LogP contribution < -0.4 is 35.9 Å². The standard InChI is InChI=1S/C27H32O6.C26H33N3O4/c1-25(2)15-27(21-11-17(7-9-19(21)25)32-13-23(28)30-5)16-26(3,4)20-10-8-18(12-22(20)27)33-14-24(29)31-6;1-24(2)14-26(21-9-17(5-7-19(21)24)32-12-16(30)11-27)15-25(3,4)20-8-6-18(10-22(20)26)33-13-23(31)29-28/h7-12H,13-16H2,1-6H3;5-10H,11-15,27-28H2,1-4H3,(H,29,31). The smallest absolute Gasteiger partial charge is 0.343 e. The number of nitrogens with one attached hydrogen (secondary N) is 1. The van der Waals surface area contributed by atoms with E-state index in [2.05, 4.69) is 109 Å². The summed E-state index contributed by atoms with van der Waals surface area (Å²) in [6, 6.07) is 24.5.